The molecule has 80 valence electrons. The van der Waals surface area contributed by atoms with Gasteiger partial charge in [-0.3, -0.25) is 4.79 Å². The van der Waals surface area contributed by atoms with Gasteiger partial charge in [-0.15, -0.1) is 0 Å². The van der Waals surface area contributed by atoms with Crippen LogP contribution in [0.25, 0.3) is 0 Å². The maximum Gasteiger partial charge on any atom is 0.226 e. The van der Waals surface area contributed by atoms with Crippen molar-refractivity contribution in [2.75, 3.05) is 11.4 Å². The van der Waals surface area contributed by atoms with Crippen molar-refractivity contribution in [1.82, 2.24) is 0 Å². The Morgan fingerprint density at radius 2 is 1.93 bits per heavy atom. The van der Waals surface area contributed by atoms with Gasteiger partial charge in [-0.05, 0) is 31.0 Å². The van der Waals surface area contributed by atoms with Gasteiger partial charge in [0, 0.05) is 18.7 Å². The van der Waals surface area contributed by atoms with Gasteiger partial charge in [0.25, 0.3) is 0 Å². The molecule has 1 aliphatic heterocycles. The second kappa shape index (κ2) is 4.42. The third-order valence-corrected chi connectivity index (χ3v) is 3.28. The van der Waals surface area contributed by atoms with Crippen molar-refractivity contribution in [1.29, 1.82) is 0 Å². The predicted octanol–water partition coefficient (Wildman–Crippen LogP) is 3.51. The fourth-order valence-corrected chi connectivity index (χ4v) is 2.02. The van der Waals surface area contributed by atoms with Gasteiger partial charge < -0.3 is 4.90 Å². The van der Waals surface area contributed by atoms with E-state index in [0.29, 0.717) is 16.5 Å². The van der Waals surface area contributed by atoms with Gasteiger partial charge >= 0.3 is 0 Å². The summed E-state index contributed by atoms with van der Waals surface area (Å²) >= 11 is 11.7. The highest BCUT2D eigenvalue weighted by molar-refractivity contribution is 6.42. The molecule has 1 fully saturated rings. The van der Waals surface area contributed by atoms with Crippen LogP contribution in [0.2, 0.25) is 10.0 Å². The second-order valence-corrected chi connectivity index (χ2v) is 4.42. The molecule has 2 nitrogen and oxygen atoms in total. The van der Waals surface area contributed by atoms with E-state index in [1.54, 1.807) is 17.0 Å². The standard InChI is InChI=1S/C11H11Cl2NO/c12-9-5-4-8(7-10(9)13)14-6-2-1-3-11(14)15/h4-5,7H,1-3,6H2. The molecule has 0 unspecified atom stereocenters. The van der Waals surface area contributed by atoms with Crippen LogP contribution in [-0.2, 0) is 4.79 Å². The topological polar surface area (TPSA) is 20.3 Å². The molecule has 15 heavy (non-hydrogen) atoms. The molecule has 1 aliphatic rings. The summed E-state index contributed by atoms with van der Waals surface area (Å²) in [6.45, 7) is 0.775. The number of hydrogen-bond acceptors (Lipinski definition) is 1. The number of amides is 1. The molecule has 0 aliphatic carbocycles. The lowest BCUT2D eigenvalue weighted by Crippen LogP contribution is -2.35. The molecule has 2 rings (SSSR count). The molecule has 1 heterocycles. The van der Waals surface area contributed by atoms with E-state index >= 15 is 0 Å². The summed E-state index contributed by atoms with van der Waals surface area (Å²) in [5.74, 6) is 0.166. The molecule has 1 aromatic rings. The van der Waals surface area contributed by atoms with Crippen LogP contribution in [0.4, 0.5) is 5.69 Å². The summed E-state index contributed by atoms with van der Waals surface area (Å²) in [6.07, 6.45) is 2.66. The maximum atomic E-state index is 11.6. The first-order chi connectivity index (χ1) is 7.18. The molecule has 0 atom stereocenters. The summed E-state index contributed by atoms with van der Waals surface area (Å²) in [6, 6.07) is 5.30. The Balaban J connectivity index is 2.28. The number of halogens is 2. The van der Waals surface area contributed by atoms with E-state index in [9.17, 15) is 4.79 Å². The van der Waals surface area contributed by atoms with Gasteiger partial charge in [0.2, 0.25) is 5.91 Å². The van der Waals surface area contributed by atoms with E-state index in [0.717, 1.165) is 25.1 Å². The molecule has 4 heteroatoms. The van der Waals surface area contributed by atoms with Crippen LogP contribution < -0.4 is 4.90 Å². The van der Waals surface area contributed by atoms with Crippen LogP contribution in [-0.4, -0.2) is 12.5 Å². The number of piperidine rings is 1. The fourth-order valence-electron chi connectivity index (χ4n) is 1.73. The second-order valence-electron chi connectivity index (χ2n) is 3.60. The number of hydrogen-bond donors (Lipinski definition) is 0. The summed E-state index contributed by atoms with van der Waals surface area (Å²) in [5.41, 5.74) is 0.842. The highest BCUT2D eigenvalue weighted by Crippen LogP contribution is 2.28. The fraction of sp³-hybridized carbons (Fsp3) is 0.364. The minimum absolute atomic E-state index is 0.166. The molecule has 1 saturated heterocycles. The minimum atomic E-state index is 0.166. The molecule has 0 aromatic heterocycles. The highest BCUT2D eigenvalue weighted by atomic mass is 35.5. The third-order valence-electron chi connectivity index (χ3n) is 2.54. The average Bonchev–Trinajstić information content (AvgIpc) is 2.23. The molecule has 1 amide bonds. The van der Waals surface area contributed by atoms with Crippen molar-refractivity contribution in [2.45, 2.75) is 19.3 Å². The Morgan fingerprint density at radius 1 is 1.13 bits per heavy atom. The normalized spacial score (nSPS) is 16.9. The summed E-state index contributed by atoms with van der Waals surface area (Å²) < 4.78 is 0. The number of anilines is 1. The monoisotopic (exact) mass is 243 g/mol. The highest BCUT2D eigenvalue weighted by Gasteiger charge is 2.19. The van der Waals surface area contributed by atoms with Crippen molar-refractivity contribution in [3.8, 4) is 0 Å². The van der Waals surface area contributed by atoms with E-state index in [2.05, 4.69) is 0 Å². The van der Waals surface area contributed by atoms with Gasteiger partial charge in [-0.25, -0.2) is 0 Å². The third kappa shape index (κ3) is 2.27. The molecular formula is C11H11Cl2NO. The number of rotatable bonds is 1. The van der Waals surface area contributed by atoms with Crippen LogP contribution in [0.3, 0.4) is 0 Å². The quantitative estimate of drug-likeness (QED) is 0.740. The predicted molar refractivity (Wildman–Crippen MR) is 62.7 cm³/mol. The zero-order chi connectivity index (χ0) is 10.8. The van der Waals surface area contributed by atoms with Crippen molar-refractivity contribution < 1.29 is 4.79 Å². The Hall–Kier alpha value is -0.730. The molecule has 0 N–H and O–H groups in total. The summed E-state index contributed by atoms with van der Waals surface area (Å²) in [4.78, 5) is 13.4. The average molecular weight is 244 g/mol. The van der Waals surface area contributed by atoms with Crippen LogP contribution in [0.5, 0.6) is 0 Å². The van der Waals surface area contributed by atoms with Gasteiger partial charge in [0.1, 0.15) is 0 Å². The Morgan fingerprint density at radius 3 is 2.60 bits per heavy atom. The minimum Gasteiger partial charge on any atom is -0.312 e. The molecule has 0 saturated carbocycles. The Labute approximate surface area is 98.8 Å². The summed E-state index contributed by atoms with van der Waals surface area (Å²) in [7, 11) is 0. The Bertz CT molecular complexity index is 392. The lowest BCUT2D eigenvalue weighted by molar-refractivity contribution is -0.119. The van der Waals surface area contributed by atoms with E-state index in [1.807, 2.05) is 6.07 Å². The smallest absolute Gasteiger partial charge is 0.226 e. The largest absolute Gasteiger partial charge is 0.312 e. The van der Waals surface area contributed by atoms with Crippen molar-refractivity contribution in [3.63, 3.8) is 0 Å². The molecule has 1 aromatic carbocycles. The van der Waals surface area contributed by atoms with Crippen molar-refractivity contribution in [3.05, 3.63) is 28.2 Å². The van der Waals surface area contributed by atoms with E-state index < -0.39 is 0 Å². The SMILES string of the molecule is O=C1CCCCN1c1ccc(Cl)c(Cl)c1. The molecule has 0 bridgehead atoms. The maximum absolute atomic E-state index is 11.6. The van der Waals surface area contributed by atoms with Gasteiger partial charge in [-0.1, -0.05) is 23.2 Å². The first kappa shape index (κ1) is 10.8. The van der Waals surface area contributed by atoms with Gasteiger partial charge in [0.05, 0.1) is 10.0 Å². The zero-order valence-electron chi connectivity index (χ0n) is 8.17. The molecule has 0 spiro atoms. The number of nitrogens with zero attached hydrogens (tertiary/aromatic N) is 1. The zero-order valence-corrected chi connectivity index (χ0v) is 9.68. The lowest BCUT2D eigenvalue weighted by Gasteiger charge is -2.26. The Kier molecular flexibility index (Phi) is 3.17. The van der Waals surface area contributed by atoms with Gasteiger partial charge in [0.15, 0.2) is 0 Å². The van der Waals surface area contributed by atoms with Crippen LogP contribution in [0.1, 0.15) is 19.3 Å². The number of carbonyl (C=O) groups excluding carboxylic acids is 1. The van der Waals surface area contributed by atoms with E-state index in [4.69, 9.17) is 23.2 Å². The molecule has 0 radical (unpaired) electrons. The van der Waals surface area contributed by atoms with Gasteiger partial charge in [-0.2, -0.15) is 0 Å². The summed E-state index contributed by atoms with van der Waals surface area (Å²) in [5, 5.41) is 1.01. The van der Waals surface area contributed by atoms with Crippen molar-refractivity contribution in [2.24, 2.45) is 0 Å². The number of carbonyl (C=O) groups is 1. The van der Waals surface area contributed by atoms with Crippen LogP contribution >= 0.6 is 23.2 Å². The van der Waals surface area contributed by atoms with Crippen LogP contribution in [0, 0.1) is 0 Å². The van der Waals surface area contributed by atoms with E-state index in [1.165, 1.54) is 0 Å². The first-order valence-electron chi connectivity index (χ1n) is 4.94. The van der Waals surface area contributed by atoms with E-state index in [-0.39, 0.29) is 5.91 Å². The number of benzene rings is 1. The lowest BCUT2D eigenvalue weighted by atomic mass is 10.1. The molecular weight excluding hydrogens is 233 g/mol. The van der Waals surface area contributed by atoms with Crippen molar-refractivity contribution >= 4 is 34.8 Å². The first-order valence-corrected chi connectivity index (χ1v) is 5.69. The van der Waals surface area contributed by atoms with Crippen LogP contribution in [0.15, 0.2) is 18.2 Å².